The lowest BCUT2D eigenvalue weighted by Crippen LogP contribution is -2.28. The van der Waals surface area contributed by atoms with Crippen LogP contribution in [0.4, 0.5) is 0 Å². The molecule has 0 N–H and O–H groups in total. The second-order valence-electron chi connectivity index (χ2n) is 13.9. The van der Waals surface area contributed by atoms with Gasteiger partial charge in [0, 0.05) is 29.1 Å². The number of aromatic nitrogens is 4. The molecule has 7 aromatic carbocycles. The molecule has 2 heterocycles. The highest BCUT2D eigenvalue weighted by atomic mass is 15.0. The Labute approximate surface area is 320 Å². The Bertz CT molecular complexity index is 2630. The van der Waals surface area contributed by atoms with E-state index in [0.717, 1.165) is 33.4 Å². The Kier molecular flexibility index (Phi) is 8.00. The topological polar surface area (TPSA) is 51.6 Å². The van der Waals surface area contributed by atoms with Gasteiger partial charge in [-0.25, -0.2) is 15.0 Å². The Morgan fingerprint density at radius 2 is 0.745 bits per heavy atom. The summed E-state index contributed by atoms with van der Waals surface area (Å²) in [7, 11) is 0. The quantitative estimate of drug-likeness (QED) is 0.166. The molecule has 1 aliphatic rings. The maximum atomic E-state index is 5.20. The second-order valence-corrected chi connectivity index (χ2v) is 13.9. The first kappa shape index (κ1) is 32.4. The highest BCUT2D eigenvalue weighted by molar-refractivity contribution is 5.88. The summed E-state index contributed by atoms with van der Waals surface area (Å²) in [6.07, 6.45) is 3.67. The van der Waals surface area contributed by atoms with E-state index in [1.54, 1.807) is 6.20 Å². The molecule has 0 unspecified atom stereocenters. The van der Waals surface area contributed by atoms with Crippen LogP contribution in [0.25, 0.3) is 67.5 Å². The molecule has 258 valence electrons. The molecule has 0 atom stereocenters. The lowest BCUT2D eigenvalue weighted by Gasteiger charge is -2.34. The average molecular weight is 703 g/mol. The first-order valence-electron chi connectivity index (χ1n) is 18.5. The van der Waals surface area contributed by atoms with Crippen molar-refractivity contribution < 1.29 is 0 Å². The summed E-state index contributed by atoms with van der Waals surface area (Å²) in [6.45, 7) is 0. The maximum Gasteiger partial charge on any atom is 0.164 e. The SMILES string of the molecule is c1ccc(-c2ccc(-c3nc(-c4ccc(-c5cccnc5)cc4)nc(-c4ccc5c(c4)C(c4ccccc4)(c4ccccc4)c4ccccc4-5)n3)cc2)cc1. The third kappa shape index (κ3) is 5.63. The fourth-order valence-electron chi connectivity index (χ4n) is 8.13. The third-order valence-corrected chi connectivity index (χ3v) is 10.7. The predicted molar refractivity (Wildman–Crippen MR) is 222 cm³/mol. The molecule has 10 rings (SSSR count). The van der Waals surface area contributed by atoms with E-state index in [1.807, 2.05) is 18.3 Å². The summed E-state index contributed by atoms with van der Waals surface area (Å²) in [5, 5.41) is 0. The van der Waals surface area contributed by atoms with Crippen molar-refractivity contribution in [1.82, 2.24) is 19.9 Å². The highest BCUT2D eigenvalue weighted by Gasteiger charge is 2.46. The molecule has 9 aromatic rings. The van der Waals surface area contributed by atoms with E-state index >= 15 is 0 Å². The molecule has 0 radical (unpaired) electrons. The van der Waals surface area contributed by atoms with E-state index in [1.165, 1.54) is 38.9 Å². The maximum absolute atomic E-state index is 5.20. The van der Waals surface area contributed by atoms with E-state index in [-0.39, 0.29) is 0 Å². The van der Waals surface area contributed by atoms with Gasteiger partial charge in [-0.1, -0.05) is 182 Å². The zero-order valence-corrected chi connectivity index (χ0v) is 29.9. The highest BCUT2D eigenvalue weighted by Crippen LogP contribution is 2.56. The van der Waals surface area contributed by atoms with Crippen LogP contribution in [0.2, 0.25) is 0 Å². The van der Waals surface area contributed by atoms with Crippen LogP contribution in [-0.2, 0) is 5.41 Å². The van der Waals surface area contributed by atoms with E-state index in [2.05, 4.69) is 187 Å². The summed E-state index contributed by atoms with van der Waals surface area (Å²) >= 11 is 0. The lowest BCUT2D eigenvalue weighted by molar-refractivity contribution is 0.768. The summed E-state index contributed by atoms with van der Waals surface area (Å²) in [5.74, 6) is 1.86. The van der Waals surface area contributed by atoms with Crippen LogP contribution in [0, 0.1) is 0 Å². The largest absolute Gasteiger partial charge is 0.264 e. The number of nitrogens with zero attached hydrogens (tertiary/aromatic N) is 4. The van der Waals surface area contributed by atoms with Gasteiger partial charge in [0.05, 0.1) is 5.41 Å². The first-order valence-corrected chi connectivity index (χ1v) is 18.5. The first-order chi connectivity index (χ1) is 27.3. The number of pyridine rings is 1. The van der Waals surface area contributed by atoms with E-state index in [9.17, 15) is 0 Å². The molecule has 4 heteroatoms. The molecule has 0 saturated carbocycles. The third-order valence-electron chi connectivity index (χ3n) is 10.7. The van der Waals surface area contributed by atoms with Gasteiger partial charge in [0.1, 0.15) is 0 Å². The Hall–Kier alpha value is -7.30. The van der Waals surface area contributed by atoms with Gasteiger partial charge in [-0.15, -0.1) is 0 Å². The van der Waals surface area contributed by atoms with Crippen molar-refractivity contribution in [3.05, 3.63) is 229 Å². The van der Waals surface area contributed by atoms with E-state index < -0.39 is 5.41 Å². The van der Waals surface area contributed by atoms with Gasteiger partial charge in [-0.2, -0.15) is 0 Å². The minimum atomic E-state index is -0.529. The van der Waals surface area contributed by atoms with Crippen LogP contribution in [0.15, 0.2) is 207 Å². The Morgan fingerprint density at radius 1 is 0.309 bits per heavy atom. The molecule has 0 fully saturated rings. The lowest BCUT2D eigenvalue weighted by atomic mass is 9.67. The summed E-state index contributed by atoms with van der Waals surface area (Å²) in [5.41, 5.74) is 14.0. The van der Waals surface area contributed by atoms with Crippen LogP contribution in [0.3, 0.4) is 0 Å². The molecule has 0 amide bonds. The molecule has 4 nitrogen and oxygen atoms in total. The van der Waals surface area contributed by atoms with E-state index in [0.29, 0.717) is 17.5 Å². The van der Waals surface area contributed by atoms with Gasteiger partial charge in [-0.05, 0) is 67.8 Å². The van der Waals surface area contributed by atoms with Gasteiger partial charge in [0.2, 0.25) is 0 Å². The van der Waals surface area contributed by atoms with Crippen molar-refractivity contribution in [2.75, 3.05) is 0 Å². The monoisotopic (exact) mass is 702 g/mol. The van der Waals surface area contributed by atoms with Crippen LogP contribution >= 0.6 is 0 Å². The molecule has 0 saturated heterocycles. The minimum absolute atomic E-state index is 0.529. The zero-order chi connectivity index (χ0) is 36.6. The van der Waals surface area contributed by atoms with Crippen LogP contribution in [-0.4, -0.2) is 19.9 Å². The molecule has 0 bridgehead atoms. The fourth-order valence-corrected chi connectivity index (χ4v) is 8.13. The molecule has 1 aliphatic carbocycles. The smallest absolute Gasteiger partial charge is 0.164 e. The van der Waals surface area contributed by atoms with Crippen molar-refractivity contribution in [2.24, 2.45) is 0 Å². The van der Waals surface area contributed by atoms with Gasteiger partial charge < -0.3 is 0 Å². The van der Waals surface area contributed by atoms with Gasteiger partial charge >= 0.3 is 0 Å². The zero-order valence-electron chi connectivity index (χ0n) is 29.9. The van der Waals surface area contributed by atoms with Gasteiger partial charge in [-0.3, -0.25) is 4.98 Å². The second kappa shape index (κ2) is 13.6. The standard InChI is InChI=1S/C51H34N4/c1-4-13-35(14-5-1)36-22-26-38(27-23-36)48-53-49(39-28-24-37(25-29-39)41-15-12-32-52-34-41)55-50(54-48)40-30-31-45-44-20-10-11-21-46(44)51(47(45)33-40,42-16-6-2-7-17-42)43-18-8-3-9-19-43/h1-34H. The molecular formula is C51H34N4. The number of hydrogen-bond donors (Lipinski definition) is 0. The van der Waals surface area contributed by atoms with Gasteiger partial charge in [0.25, 0.3) is 0 Å². The Morgan fingerprint density at radius 3 is 1.33 bits per heavy atom. The van der Waals surface area contributed by atoms with Crippen molar-refractivity contribution >= 4 is 0 Å². The van der Waals surface area contributed by atoms with E-state index in [4.69, 9.17) is 15.0 Å². The van der Waals surface area contributed by atoms with Crippen molar-refractivity contribution in [3.8, 4) is 67.5 Å². The molecular weight excluding hydrogens is 669 g/mol. The summed E-state index contributed by atoms with van der Waals surface area (Å²) in [6, 6.07) is 68.5. The molecule has 0 spiro atoms. The molecule has 0 aliphatic heterocycles. The molecule has 55 heavy (non-hydrogen) atoms. The van der Waals surface area contributed by atoms with Crippen molar-refractivity contribution in [3.63, 3.8) is 0 Å². The summed E-state index contributed by atoms with van der Waals surface area (Å²) in [4.78, 5) is 19.8. The summed E-state index contributed by atoms with van der Waals surface area (Å²) < 4.78 is 0. The Balaban J connectivity index is 1.16. The number of fused-ring (bicyclic) bond motifs is 3. The predicted octanol–water partition coefficient (Wildman–Crippen LogP) is 12.0. The number of rotatable bonds is 7. The van der Waals surface area contributed by atoms with Crippen molar-refractivity contribution in [2.45, 2.75) is 5.41 Å². The van der Waals surface area contributed by atoms with Crippen LogP contribution in [0.1, 0.15) is 22.3 Å². The van der Waals surface area contributed by atoms with Crippen LogP contribution < -0.4 is 0 Å². The minimum Gasteiger partial charge on any atom is -0.264 e. The average Bonchev–Trinajstić information content (AvgIpc) is 3.58. The fraction of sp³-hybridized carbons (Fsp3) is 0.0196. The number of benzene rings is 7. The van der Waals surface area contributed by atoms with Crippen LogP contribution in [0.5, 0.6) is 0 Å². The van der Waals surface area contributed by atoms with Crippen molar-refractivity contribution in [1.29, 1.82) is 0 Å². The normalized spacial score (nSPS) is 12.5. The molecule has 2 aromatic heterocycles. The number of hydrogen-bond acceptors (Lipinski definition) is 4. The van der Waals surface area contributed by atoms with Gasteiger partial charge in [0.15, 0.2) is 17.5 Å².